The van der Waals surface area contributed by atoms with Crippen molar-refractivity contribution in [1.82, 2.24) is 0 Å². The van der Waals surface area contributed by atoms with Crippen molar-refractivity contribution in [3.63, 3.8) is 0 Å². The molecule has 0 spiro atoms. The summed E-state index contributed by atoms with van der Waals surface area (Å²) in [6.45, 7) is 0. The summed E-state index contributed by atoms with van der Waals surface area (Å²) in [7, 11) is 0. The quantitative estimate of drug-likeness (QED) is 0.659. The summed E-state index contributed by atoms with van der Waals surface area (Å²) < 4.78 is 0. The predicted octanol–water partition coefficient (Wildman–Crippen LogP) is 4.74. The fourth-order valence-corrected chi connectivity index (χ4v) is 2.61. The van der Waals surface area contributed by atoms with Crippen LogP contribution in [0.25, 0.3) is 12.2 Å². The van der Waals surface area contributed by atoms with Crippen LogP contribution in [0.5, 0.6) is 0 Å². The van der Waals surface area contributed by atoms with Gasteiger partial charge in [0.1, 0.15) is 0 Å². The number of hydrogen-bond donors (Lipinski definition) is 0. The highest BCUT2D eigenvalue weighted by atomic mass is 14.1. The fraction of sp³-hybridized carbons (Fsp3) is 0.222. The number of benzene rings is 2. The summed E-state index contributed by atoms with van der Waals surface area (Å²) in [5.74, 6) is 0. The van der Waals surface area contributed by atoms with Crippen LogP contribution in [0.15, 0.2) is 48.5 Å². The van der Waals surface area contributed by atoms with Crippen LogP contribution in [0.3, 0.4) is 0 Å². The van der Waals surface area contributed by atoms with Gasteiger partial charge in [0.05, 0.1) is 0 Å². The molecule has 0 nitrogen and oxygen atoms in total. The summed E-state index contributed by atoms with van der Waals surface area (Å²) in [4.78, 5) is 0. The molecule has 90 valence electrons. The Hall–Kier alpha value is -1.82. The lowest BCUT2D eigenvalue weighted by atomic mass is 9.90. The molecule has 0 radical (unpaired) electrons. The van der Waals surface area contributed by atoms with Gasteiger partial charge in [-0.15, -0.1) is 0 Å². The summed E-state index contributed by atoms with van der Waals surface area (Å²) in [5, 5.41) is 0. The molecule has 2 aromatic carbocycles. The van der Waals surface area contributed by atoms with E-state index in [9.17, 15) is 0 Å². The minimum Gasteiger partial charge on any atom is -0.0622 e. The molecule has 0 N–H and O–H groups in total. The van der Waals surface area contributed by atoms with Gasteiger partial charge in [0.25, 0.3) is 0 Å². The number of aryl methyl sites for hydroxylation is 2. The Balaban J connectivity index is 1.83. The van der Waals surface area contributed by atoms with E-state index in [1.54, 1.807) is 11.1 Å². The Bertz CT molecular complexity index is 550. The second-order valence-corrected chi connectivity index (χ2v) is 4.98. The van der Waals surface area contributed by atoms with Crippen molar-refractivity contribution >= 4 is 12.2 Å². The minimum atomic E-state index is 1.25. The Labute approximate surface area is 109 Å². The van der Waals surface area contributed by atoms with E-state index in [4.69, 9.17) is 0 Å². The van der Waals surface area contributed by atoms with Crippen LogP contribution in [0.4, 0.5) is 0 Å². The van der Waals surface area contributed by atoms with Gasteiger partial charge in [-0.1, -0.05) is 60.7 Å². The molecule has 3 rings (SSSR count). The second-order valence-electron chi connectivity index (χ2n) is 4.98. The molecular formula is C18H18. The van der Waals surface area contributed by atoms with Gasteiger partial charge < -0.3 is 0 Å². The van der Waals surface area contributed by atoms with Gasteiger partial charge in [-0.3, -0.25) is 0 Å². The molecule has 0 amide bonds. The molecule has 0 bridgehead atoms. The average molecular weight is 234 g/mol. The summed E-state index contributed by atoms with van der Waals surface area (Å²) in [6, 6.07) is 17.4. The van der Waals surface area contributed by atoms with Crippen molar-refractivity contribution in [1.29, 1.82) is 0 Å². The Morgan fingerprint density at radius 2 is 1.39 bits per heavy atom. The molecule has 2 aromatic rings. The molecule has 0 aliphatic heterocycles. The lowest BCUT2D eigenvalue weighted by molar-refractivity contribution is 0.685. The third-order valence-corrected chi connectivity index (χ3v) is 3.64. The third kappa shape index (κ3) is 2.53. The zero-order valence-electron chi connectivity index (χ0n) is 10.6. The van der Waals surface area contributed by atoms with Gasteiger partial charge in [-0.05, 0) is 47.9 Å². The third-order valence-electron chi connectivity index (χ3n) is 3.64. The van der Waals surface area contributed by atoms with Crippen LogP contribution in [0.1, 0.15) is 35.1 Å². The number of hydrogen-bond acceptors (Lipinski definition) is 0. The van der Waals surface area contributed by atoms with Gasteiger partial charge in [0.2, 0.25) is 0 Å². The smallest absolute Gasteiger partial charge is 0.0254 e. The molecule has 0 saturated heterocycles. The SMILES string of the molecule is C(=Cc1ccc2c(c1)CCCC2)c1ccccc1. The van der Waals surface area contributed by atoms with Gasteiger partial charge in [-0.25, -0.2) is 0 Å². The molecular weight excluding hydrogens is 216 g/mol. The highest BCUT2D eigenvalue weighted by Gasteiger charge is 2.08. The molecule has 0 unspecified atom stereocenters. The van der Waals surface area contributed by atoms with Crippen molar-refractivity contribution < 1.29 is 0 Å². The maximum Gasteiger partial charge on any atom is -0.0254 e. The number of rotatable bonds is 2. The van der Waals surface area contributed by atoms with Crippen LogP contribution in [-0.4, -0.2) is 0 Å². The monoisotopic (exact) mass is 234 g/mol. The first kappa shape index (κ1) is 11.3. The van der Waals surface area contributed by atoms with E-state index >= 15 is 0 Å². The molecule has 18 heavy (non-hydrogen) atoms. The maximum absolute atomic E-state index is 2.36. The number of fused-ring (bicyclic) bond motifs is 1. The summed E-state index contributed by atoms with van der Waals surface area (Å²) in [6.07, 6.45) is 9.61. The van der Waals surface area contributed by atoms with Crippen LogP contribution >= 0.6 is 0 Å². The summed E-state index contributed by atoms with van der Waals surface area (Å²) in [5.41, 5.74) is 5.68. The standard InChI is InChI=1S/C18H18/c1-2-6-15(7-3-1)10-11-16-12-13-17-8-4-5-9-18(17)14-16/h1-3,6-7,10-14H,4-5,8-9H2. The average Bonchev–Trinajstić information content (AvgIpc) is 2.46. The molecule has 0 heterocycles. The van der Waals surface area contributed by atoms with E-state index in [2.05, 4.69) is 60.7 Å². The van der Waals surface area contributed by atoms with Crippen molar-refractivity contribution in [3.05, 3.63) is 70.8 Å². The molecule has 0 aromatic heterocycles. The molecule has 0 atom stereocenters. The zero-order chi connectivity index (χ0) is 12.2. The van der Waals surface area contributed by atoms with Gasteiger partial charge in [-0.2, -0.15) is 0 Å². The molecule has 1 aliphatic rings. The van der Waals surface area contributed by atoms with E-state index in [1.165, 1.54) is 36.8 Å². The van der Waals surface area contributed by atoms with Crippen molar-refractivity contribution in [2.75, 3.05) is 0 Å². The highest BCUT2D eigenvalue weighted by molar-refractivity contribution is 5.70. The molecule has 0 saturated carbocycles. The van der Waals surface area contributed by atoms with Crippen LogP contribution < -0.4 is 0 Å². The van der Waals surface area contributed by atoms with E-state index in [0.29, 0.717) is 0 Å². The Morgan fingerprint density at radius 1 is 0.667 bits per heavy atom. The molecule has 1 aliphatic carbocycles. The van der Waals surface area contributed by atoms with Gasteiger partial charge in [0.15, 0.2) is 0 Å². The lowest BCUT2D eigenvalue weighted by Gasteiger charge is -2.15. The van der Waals surface area contributed by atoms with Gasteiger partial charge in [0, 0.05) is 0 Å². The normalized spacial score (nSPS) is 14.7. The van der Waals surface area contributed by atoms with Crippen molar-refractivity contribution in [2.24, 2.45) is 0 Å². The minimum absolute atomic E-state index is 1.25. The second kappa shape index (κ2) is 5.22. The predicted molar refractivity (Wildman–Crippen MR) is 78.5 cm³/mol. The molecule has 0 fully saturated rings. The Morgan fingerprint density at radius 3 is 2.22 bits per heavy atom. The maximum atomic E-state index is 2.36. The van der Waals surface area contributed by atoms with Crippen molar-refractivity contribution in [2.45, 2.75) is 25.7 Å². The first-order valence-electron chi connectivity index (χ1n) is 6.77. The van der Waals surface area contributed by atoms with E-state index in [0.717, 1.165) is 0 Å². The van der Waals surface area contributed by atoms with Crippen LogP contribution in [0.2, 0.25) is 0 Å². The zero-order valence-corrected chi connectivity index (χ0v) is 10.6. The molecule has 0 heteroatoms. The highest BCUT2D eigenvalue weighted by Crippen LogP contribution is 2.23. The first-order chi connectivity index (χ1) is 8.92. The summed E-state index contributed by atoms with van der Waals surface area (Å²) >= 11 is 0. The van der Waals surface area contributed by atoms with Crippen LogP contribution in [-0.2, 0) is 12.8 Å². The lowest BCUT2D eigenvalue weighted by Crippen LogP contribution is -2.02. The van der Waals surface area contributed by atoms with Crippen molar-refractivity contribution in [3.8, 4) is 0 Å². The van der Waals surface area contributed by atoms with E-state index < -0.39 is 0 Å². The Kier molecular flexibility index (Phi) is 3.27. The van der Waals surface area contributed by atoms with E-state index in [1.807, 2.05) is 0 Å². The van der Waals surface area contributed by atoms with Gasteiger partial charge >= 0.3 is 0 Å². The largest absolute Gasteiger partial charge is 0.0622 e. The fourth-order valence-electron chi connectivity index (χ4n) is 2.61. The van der Waals surface area contributed by atoms with Crippen LogP contribution in [0, 0.1) is 0 Å². The first-order valence-corrected chi connectivity index (χ1v) is 6.77. The van der Waals surface area contributed by atoms with E-state index in [-0.39, 0.29) is 0 Å². The topological polar surface area (TPSA) is 0 Å².